The second kappa shape index (κ2) is 7.52. The number of nitrogens with zero attached hydrogens (tertiary/aromatic N) is 3. The standard InChI is InChI=1S/C23H25N3O2S/c1-17-11-13-20(14-12-17)29(27,28)26-15-7-10-19-16-21(25(2)3)24-22(23(19)26)18-8-5-4-6-9-18/h4-6,8-9,11-14,16H,7,10,15H2,1-3H3. The summed E-state index contributed by atoms with van der Waals surface area (Å²) in [5.74, 6) is 0.831. The third-order valence-electron chi connectivity index (χ3n) is 5.23. The number of aryl methyl sites for hydroxylation is 2. The van der Waals surface area contributed by atoms with E-state index >= 15 is 0 Å². The summed E-state index contributed by atoms with van der Waals surface area (Å²) < 4.78 is 28.6. The van der Waals surface area contributed by atoms with Gasteiger partial charge >= 0.3 is 0 Å². The predicted octanol–water partition coefficient (Wildman–Crippen LogP) is 4.26. The van der Waals surface area contributed by atoms with Gasteiger partial charge in [-0.3, -0.25) is 4.31 Å². The molecular weight excluding hydrogens is 382 g/mol. The Morgan fingerprint density at radius 2 is 1.69 bits per heavy atom. The van der Waals surface area contributed by atoms with Gasteiger partial charge in [0, 0.05) is 26.2 Å². The lowest BCUT2D eigenvalue weighted by Gasteiger charge is -2.33. The average molecular weight is 408 g/mol. The number of hydrogen-bond donors (Lipinski definition) is 0. The van der Waals surface area contributed by atoms with Gasteiger partial charge in [0.05, 0.1) is 16.3 Å². The second-order valence-corrected chi connectivity index (χ2v) is 9.45. The lowest BCUT2D eigenvalue weighted by atomic mass is 9.99. The average Bonchev–Trinajstić information content (AvgIpc) is 2.73. The van der Waals surface area contributed by atoms with E-state index in [1.165, 1.54) is 0 Å². The van der Waals surface area contributed by atoms with Crippen LogP contribution in [0, 0.1) is 6.92 Å². The largest absolute Gasteiger partial charge is 0.363 e. The van der Waals surface area contributed by atoms with Crippen LogP contribution >= 0.6 is 0 Å². The molecule has 0 aliphatic carbocycles. The Morgan fingerprint density at radius 3 is 2.34 bits per heavy atom. The van der Waals surface area contributed by atoms with Crippen molar-refractivity contribution >= 4 is 21.5 Å². The van der Waals surface area contributed by atoms with Gasteiger partial charge in [-0.15, -0.1) is 0 Å². The molecule has 0 N–H and O–H groups in total. The zero-order valence-corrected chi connectivity index (χ0v) is 17.8. The predicted molar refractivity (Wildman–Crippen MR) is 118 cm³/mol. The SMILES string of the molecule is Cc1ccc(S(=O)(=O)N2CCCc3cc(N(C)C)nc(-c4ccccc4)c32)cc1. The van der Waals surface area contributed by atoms with E-state index in [1.54, 1.807) is 16.4 Å². The number of anilines is 2. The van der Waals surface area contributed by atoms with Crippen molar-refractivity contribution in [3.8, 4) is 11.3 Å². The van der Waals surface area contributed by atoms with Gasteiger partial charge in [-0.25, -0.2) is 13.4 Å². The van der Waals surface area contributed by atoms with Gasteiger partial charge in [0.15, 0.2) is 0 Å². The van der Waals surface area contributed by atoms with Gasteiger partial charge in [-0.1, -0.05) is 48.0 Å². The smallest absolute Gasteiger partial charge is 0.264 e. The summed E-state index contributed by atoms with van der Waals surface area (Å²) in [7, 11) is 0.227. The maximum atomic E-state index is 13.6. The van der Waals surface area contributed by atoms with E-state index in [0.29, 0.717) is 22.8 Å². The fraction of sp³-hybridized carbons (Fsp3) is 0.261. The number of pyridine rings is 1. The molecule has 1 aromatic heterocycles. The number of aromatic nitrogens is 1. The fourth-order valence-electron chi connectivity index (χ4n) is 3.67. The second-order valence-electron chi connectivity index (χ2n) is 7.59. The van der Waals surface area contributed by atoms with E-state index < -0.39 is 10.0 Å². The quantitative estimate of drug-likeness (QED) is 0.648. The molecule has 4 rings (SSSR count). The first kappa shape index (κ1) is 19.5. The lowest BCUT2D eigenvalue weighted by Crippen LogP contribution is -2.36. The Bertz CT molecular complexity index is 1120. The molecule has 0 amide bonds. The number of sulfonamides is 1. The molecule has 0 atom stereocenters. The van der Waals surface area contributed by atoms with E-state index in [2.05, 4.69) is 0 Å². The third kappa shape index (κ3) is 3.60. The minimum absolute atomic E-state index is 0.312. The van der Waals surface area contributed by atoms with Crippen LogP contribution in [0.3, 0.4) is 0 Å². The molecule has 3 aromatic rings. The number of benzene rings is 2. The van der Waals surface area contributed by atoms with Crippen LogP contribution in [0.25, 0.3) is 11.3 Å². The van der Waals surface area contributed by atoms with Gasteiger partial charge in [-0.05, 0) is 43.5 Å². The van der Waals surface area contributed by atoms with Crippen molar-refractivity contribution in [2.24, 2.45) is 0 Å². The number of fused-ring (bicyclic) bond motifs is 1. The molecule has 0 bridgehead atoms. The fourth-order valence-corrected chi connectivity index (χ4v) is 5.22. The van der Waals surface area contributed by atoms with Crippen LogP contribution in [0.4, 0.5) is 11.5 Å². The first-order valence-electron chi connectivity index (χ1n) is 9.74. The molecule has 6 heteroatoms. The highest BCUT2D eigenvalue weighted by Crippen LogP contribution is 2.40. The van der Waals surface area contributed by atoms with Crippen LogP contribution in [-0.4, -0.2) is 34.0 Å². The van der Waals surface area contributed by atoms with E-state index in [4.69, 9.17) is 4.98 Å². The molecule has 0 saturated heterocycles. The number of rotatable bonds is 4. The molecule has 2 heterocycles. The maximum absolute atomic E-state index is 13.6. The summed E-state index contributed by atoms with van der Waals surface area (Å²) in [4.78, 5) is 7.12. The van der Waals surface area contributed by atoms with Crippen molar-refractivity contribution in [3.63, 3.8) is 0 Å². The molecule has 0 radical (unpaired) electrons. The molecule has 2 aromatic carbocycles. The topological polar surface area (TPSA) is 53.5 Å². The van der Waals surface area contributed by atoms with Crippen LogP contribution in [0.1, 0.15) is 17.5 Å². The van der Waals surface area contributed by atoms with Gasteiger partial charge in [0.2, 0.25) is 0 Å². The van der Waals surface area contributed by atoms with Gasteiger partial charge < -0.3 is 4.90 Å². The van der Waals surface area contributed by atoms with Crippen molar-refractivity contribution in [3.05, 3.63) is 71.8 Å². The van der Waals surface area contributed by atoms with Crippen molar-refractivity contribution < 1.29 is 8.42 Å². The van der Waals surface area contributed by atoms with Gasteiger partial charge in [-0.2, -0.15) is 0 Å². The minimum Gasteiger partial charge on any atom is -0.363 e. The summed E-state index contributed by atoms with van der Waals surface area (Å²) in [5, 5.41) is 0. The van der Waals surface area contributed by atoms with Crippen molar-refractivity contribution in [2.75, 3.05) is 29.8 Å². The summed E-state index contributed by atoms with van der Waals surface area (Å²) >= 11 is 0. The lowest BCUT2D eigenvalue weighted by molar-refractivity contribution is 0.586. The highest BCUT2D eigenvalue weighted by atomic mass is 32.2. The molecule has 0 saturated carbocycles. The Balaban J connectivity index is 1.94. The molecule has 5 nitrogen and oxygen atoms in total. The molecule has 1 aliphatic rings. The molecule has 0 fully saturated rings. The monoisotopic (exact) mass is 407 g/mol. The minimum atomic E-state index is -3.68. The molecule has 29 heavy (non-hydrogen) atoms. The van der Waals surface area contributed by atoms with Gasteiger partial charge in [0.1, 0.15) is 5.82 Å². The highest BCUT2D eigenvalue weighted by molar-refractivity contribution is 7.92. The van der Waals surface area contributed by atoms with Crippen LogP contribution in [-0.2, 0) is 16.4 Å². The summed E-state index contributed by atoms with van der Waals surface area (Å²) in [5.41, 5.74) is 4.38. The highest BCUT2D eigenvalue weighted by Gasteiger charge is 2.32. The summed E-state index contributed by atoms with van der Waals surface area (Å²) in [6.07, 6.45) is 1.61. The van der Waals surface area contributed by atoms with Crippen LogP contribution in [0.2, 0.25) is 0 Å². The van der Waals surface area contributed by atoms with Crippen LogP contribution in [0.5, 0.6) is 0 Å². The van der Waals surface area contributed by atoms with E-state index in [0.717, 1.165) is 35.3 Å². The maximum Gasteiger partial charge on any atom is 0.264 e. The van der Waals surface area contributed by atoms with Crippen molar-refractivity contribution in [1.29, 1.82) is 0 Å². The molecule has 150 valence electrons. The Labute approximate surface area is 172 Å². The zero-order chi connectivity index (χ0) is 20.6. The van der Waals surface area contributed by atoms with Gasteiger partial charge in [0.25, 0.3) is 10.0 Å². The molecule has 0 unspecified atom stereocenters. The van der Waals surface area contributed by atoms with Crippen LogP contribution in [0.15, 0.2) is 65.6 Å². The normalized spacial score (nSPS) is 13.8. The first-order chi connectivity index (χ1) is 13.9. The van der Waals surface area contributed by atoms with Crippen molar-refractivity contribution in [1.82, 2.24) is 4.98 Å². The van der Waals surface area contributed by atoms with E-state index in [-0.39, 0.29) is 0 Å². The Morgan fingerprint density at radius 1 is 1.00 bits per heavy atom. The van der Waals surface area contributed by atoms with Crippen molar-refractivity contribution in [2.45, 2.75) is 24.7 Å². The van der Waals surface area contributed by atoms with E-state index in [9.17, 15) is 8.42 Å². The van der Waals surface area contributed by atoms with Crippen LogP contribution < -0.4 is 9.21 Å². The zero-order valence-electron chi connectivity index (χ0n) is 17.0. The molecular formula is C23H25N3O2S. The molecule has 1 aliphatic heterocycles. The third-order valence-corrected chi connectivity index (χ3v) is 7.04. The Kier molecular flexibility index (Phi) is 5.04. The van der Waals surface area contributed by atoms with E-state index in [1.807, 2.05) is 74.4 Å². The first-order valence-corrected chi connectivity index (χ1v) is 11.2. The number of hydrogen-bond acceptors (Lipinski definition) is 4. The summed E-state index contributed by atoms with van der Waals surface area (Å²) in [6.45, 7) is 2.40. The molecule has 0 spiro atoms. The summed E-state index contributed by atoms with van der Waals surface area (Å²) in [6, 6.07) is 18.9. The Hall–Kier alpha value is -2.86.